The highest BCUT2D eigenvalue weighted by molar-refractivity contribution is 6.32. The van der Waals surface area contributed by atoms with Gasteiger partial charge in [0.15, 0.2) is 6.10 Å². The zero-order valence-corrected chi connectivity index (χ0v) is 8.92. The molecule has 0 aliphatic rings. The Balaban J connectivity index is 2.84. The van der Waals surface area contributed by atoms with Gasteiger partial charge in [-0.2, -0.15) is 0 Å². The third-order valence-corrected chi connectivity index (χ3v) is 2.15. The SMILES string of the molecule is CCC(Oc1ccc(F)cc1Cl)C(N)=O. The lowest BCUT2D eigenvalue weighted by molar-refractivity contribution is -0.124. The van der Waals surface area contributed by atoms with Crippen LogP contribution in [0, 0.1) is 5.82 Å². The van der Waals surface area contributed by atoms with E-state index in [4.69, 9.17) is 22.1 Å². The van der Waals surface area contributed by atoms with Crippen LogP contribution in [0.25, 0.3) is 0 Å². The maximum absolute atomic E-state index is 12.7. The first-order valence-electron chi connectivity index (χ1n) is 4.45. The molecule has 0 radical (unpaired) electrons. The molecule has 1 aromatic carbocycles. The van der Waals surface area contributed by atoms with Crippen LogP contribution in [0.3, 0.4) is 0 Å². The summed E-state index contributed by atoms with van der Waals surface area (Å²) >= 11 is 5.72. The summed E-state index contributed by atoms with van der Waals surface area (Å²) in [6.07, 6.45) is -0.309. The molecule has 0 aromatic heterocycles. The maximum Gasteiger partial charge on any atom is 0.258 e. The number of carbonyl (C=O) groups excluding carboxylic acids is 1. The van der Waals surface area contributed by atoms with Crippen LogP contribution >= 0.6 is 11.6 Å². The van der Waals surface area contributed by atoms with Crippen molar-refractivity contribution in [2.24, 2.45) is 5.73 Å². The first-order chi connectivity index (χ1) is 7.04. The fourth-order valence-electron chi connectivity index (χ4n) is 1.07. The molecule has 0 fully saturated rings. The number of carbonyl (C=O) groups is 1. The first-order valence-corrected chi connectivity index (χ1v) is 4.83. The number of halogens is 2. The number of amides is 1. The fourth-order valence-corrected chi connectivity index (χ4v) is 1.28. The van der Waals surface area contributed by atoms with E-state index in [1.165, 1.54) is 12.1 Å². The van der Waals surface area contributed by atoms with Gasteiger partial charge in [0.2, 0.25) is 0 Å². The molecule has 3 nitrogen and oxygen atoms in total. The fraction of sp³-hybridized carbons (Fsp3) is 0.300. The van der Waals surface area contributed by atoms with Gasteiger partial charge in [-0.3, -0.25) is 4.79 Å². The molecule has 0 saturated carbocycles. The van der Waals surface area contributed by atoms with Crippen molar-refractivity contribution in [3.63, 3.8) is 0 Å². The Morgan fingerprint density at radius 1 is 1.67 bits per heavy atom. The molecule has 0 aliphatic carbocycles. The highest BCUT2D eigenvalue weighted by Crippen LogP contribution is 2.26. The highest BCUT2D eigenvalue weighted by Gasteiger charge is 2.16. The van der Waals surface area contributed by atoms with Gasteiger partial charge in [-0.25, -0.2) is 4.39 Å². The summed E-state index contributed by atoms with van der Waals surface area (Å²) in [7, 11) is 0. The smallest absolute Gasteiger partial charge is 0.258 e. The lowest BCUT2D eigenvalue weighted by atomic mass is 10.2. The van der Waals surface area contributed by atoms with Crippen LogP contribution in [0.5, 0.6) is 5.75 Å². The molecule has 1 atom stereocenters. The minimum atomic E-state index is -0.743. The van der Waals surface area contributed by atoms with Gasteiger partial charge < -0.3 is 10.5 Å². The third-order valence-electron chi connectivity index (χ3n) is 1.85. The number of hydrogen-bond donors (Lipinski definition) is 1. The topological polar surface area (TPSA) is 52.3 Å². The van der Waals surface area contributed by atoms with Crippen molar-refractivity contribution in [1.29, 1.82) is 0 Å². The Morgan fingerprint density at radius 3 is 2.80 bits per heavy atom. The Labute approximate surface area is 92.0 Å². The predicted molar refractivity (Wildman–Crippen MR) is 55.3 cm³/mol. The summed E-state index contributed by atoms with van der Waals surface area (Å²) in [6, 6.07) is 3.68. The Morgan fingerprint density at radius 2 is 2.33 bits per heavy atom. The van der Waals surface area contributed by atoms with Crippen molar-refractivity contribution in [3.8, 4) is 5.75 Å². The molecule has 0 saturated heterocycles. The molecule has 0 heterocycles. The summed E-state index contributed by atoms with van der Waals surface area (Å²) in [5.74, 6) is -0.777. The van der Waals surface area contributed by atoms with E-state index in [9.17, 15) is 9.18 Å². The monoisotopic (exact) mass is 231 g/mol. The molecule has 1 aromatic rings. The maximum atomic E-state index is 12.7. The molecule has 1 unspecified atom stereocenters. The molecule has 82 valence electrons. The van der Waals surface area contributed by atoms with E-state index in [0.717, 1.165) is 6.07 Å². The van der Waals surface area contributed by atoms with Crippen LogP contribution in [0.4, 0.5) is 4.39 Å². The second-order valence-electron chi connectivity index (χ2n) is 2.99. The number of hydrogen-bond acceptors (Lipinski definition) is 2. The van der Waals surface area contributed by atoms with E-state index in [1.54, 1.807) is 6.92 Å². The van der Waals surface area contributed by atoms with Gasteiger partial charge in [0.25, 0.3) is 5.91 Å². The second-order valence-corrected chi connectivity index (χ2v) is 3.40. The molecule has 0 aliphatic heterocycles. The van der Waals surface area contributed by atoms with Gasteiger partial charge in [0.05, 0.1) is 5.02 Å². The van der Waals surface area contributed by atoms with Crippen LogP contribution in [0.15, 0.2) is 18.2 Å². The van der Waals surface area contributed by atoms with Crippen LogP contribution in [0.1, 0.15) is 13.3 Å². The summed E-state index contributed by atoms with van der Waals surface area (Å²) in [6.45, 7) is 1.76. The van der Waals surface area contributed by atoms with E-state index >= 15 is 0 Å². The van der Waals surface area contributed by atoms with Gasteiger partial charge in [0.1, 0.15) is 11.6 Å². The molecule has 1 amide bonds. The van der Waals surface area contributed by atoms with Crippen LogP contribution < -0.4 is 10.5 Å². The Hall–Kier alpha value is -1.29. The Kier molecular flexibility index (Phi) is 3.91. The average molecular weight is 232 g/mol. The molecule has 0 spiro atoms. The number of rotatable bonds is 4. The molecule has 1 rings (SSSR count). The lowest BCUT2D eigenvalue weighted by Gasteiger charge is -2.14. The van der Waals surface area contributed by atoms with Crippen molar-refractivity contribution in [2.75, 3.05) is 0 Å². The van der Waals surface area contributed by atoms with Crippen molar-refractivity contribution in [3.05, 3.63) is 29.0 Å². The molecule has 0 bridgehead atoms. The number of nitrogens with two attached hydrogens (primary N) is 1. The largest absolute Gasteiger partial charge is 0.479 e. The second kappa shape index (κ2) is 4.98. The normalized spacial score (nSPS) is 12.2. The summed E-state index contributed by atoms with van der Waals surface area (Å²) in [4.78, 5) is 10.9. The van der Waals surface area contributed by atoms with Gasteiger partial charge in [-0.05, 0) is 24.6 Å². The van der Waals surface area contributed by atoms with Crippen molar-refractivity contribution in [1.82, 2.24) is 0 Å². The summed E-state index contributed by atoms with van der Waals surface area (Å²) in [5, 5.41) is 0.120. The number of benzene rings is 1. The average Bonchev–Trinajstić information content (AvgIpc) is 2.16. The number of primary amides is 1. The van der Waals surface area contributed by atoms with Gasteiger partial charge in [-0.1, -0.05) is 18.5 Å². The molecule has 2 N–H and O–H groups in total. The van der Waals surface area contributed by atoms with E-state index in [0.29, 0.717) is 6.42 Å². The molecular weight excluding hydrogens is 221 g/mol. The van der Waals surface area contributed by atoms with E-state index in [2.05, 4.69) is 0 Å². The number of ether oxygens (including phenoxy) is 1. The standard InChI is InChI=1S/C10H11ClFNO2/c1-2-8(10(13)14)15-9-4-3-6(12)5-7(9)11/h3-5,8H,2H2,1H3,(H2,13,14). The van der Waals surface area contributed by atoms with Crippen molar-refractivity contribution < 1.29 is 13.9 Å². The van der Waals surface area contributed by atoms with Crippen LogP contribution in [0.2, 0.25) is 5.02 Å². The van der Waals surface area contributed by atoms with E-state index in [1.807, 2.05) is 0 Å². The van der Waals surface area contributed by atoms with Crippen LogP contribution in [-0.2, 0) is 4.79 Å². The van der Waals surface area contributed by atoms with Gasteiger partial charge >= 0.3 is 0 Å². The minimum absolute atomic E-state index is 0.120. The van der Waals surface area contributed by atoms with Crippen molar-refractivity contribution in [2.45, 2.75) is 19.4 Å². The van der Waals surface area contributed by atoms with E-state index in [-0.39, 0.29) is 10.8 Å². The van der Waals surface area contributed by atoms with Gasteiger partial charge in [-0.15, -0.1) is 0 Å². The third kappa shape index (κ3) is 3.09. The molecular formula is C10H11ClFNO2. The van der Waals surface area contributed by atoms with E-state index < -0.39 is 17.8 Å². The Bertz CT molecular complexity index is 370. The first kappa shape index (κ1) is 11.8. The minimum Gasteiger partial charge on any atom is -0.479 e. The predicted octanol–water partition coefficient (Wildman–Crippen LogP) is 2.12. The highest BCUT2D eigenvalue weighted by atomic mass is 35.5. The quantitative estimate of drug-likeness (QED) is 0.863. The van der Waals surface area contributed by atoms with Gasteiger partial charge in [0, 0.05) is 0 Å². The van der Waals surface area contributed by atoms with Crippen LogP contribution in [-0.4, -0.2) is 12.0 Å². The summed E-state index contributed by atoms with van der Waals surface area (Å²) < 4.78 is 17.9. The van der Waals surface area contributed by atoms with Crippen molar-refractivity contribution >= 4 is 17.5 Å². The lowest BCUT2D eigenvalue weighted by Crippen LogP contribution is -2.33. The zero-order chi connectivity index (χ0) is 11.4. The summed E-state index contributed by atoms with van der Waals surface area (Å²) in [5.41, 5.74) is 5.09. The zero-order valence-electron chi connectivity index (χ0n) is 8.17. The molecule has 15 heavy (non-hydrogen) atoms. The molecule has 5 heteroatoms.